The van der Waals surface area contributed by atoms with Crippen molar-refractivity contribution in [2.45, 2.75) is 39.2 Å². The minimum Gasteiger partial charge on any atom is -0.356 e. The molecule has 1 aromatic heterocycles. The third-order valence-electron chi connectivity index (χ3n) is 2.75. The molecule has 1 rings (SSSR count). The van der Waals surface area contributed by atoms with E-state index in [9.17, 15) is 0 Å². The third-order valence-corrected chi connectivity index (χ3v) is 3.08. The van der Waals surface area contributed by atoms with Gasteiger partial charge in [-0.25, -0.2) is 9.97 Å². The zero-order valence-electron chi connectivity index (χ0n) is 10.4. The Bertz CT molecular complexity index is 413. The first-order valence-corrected chi connectivity index (χ1v) is 6.08. The summed E-state index contributed by atoms with van der Waals surface area (Å²) >= 11 is 6.09. The molecular formula is C12H17ClN4. The highest BCUT2D eigenvalue weighted by Gasteiger charge is 2.17. The van der Waals surface area contributed by atoms with Crippen LogP contribution in [0.15, 0.2) is 6.33 Å². The van der Waals surface area contributed by atoms with E-state index in [1.54, 1.807) is 0 Å². The first kappa shape index (κ1) is 13.7. The highest BCUT2D eigenvalue weighted by Crippen LogP contribution is 2.25. The molecule has 4 nitrogen and oxygen atoms in total. The molecule has 0 aliphatic carbocycles. The van der Waals surface area contributed by atoms with Crippen LogP contribution in [0, 0.1) is 11.3 Å². The fraction of sp³-hybridized carbons (Fsp3) is 0.583. The molecule has 5 heteroatoms. The summed E-state index contributed by atoms with van der Waals surface area (Å²) in [5.74, 6) is 0.828. The molecule has 0 spiro atoms. The molecule has 1 atom stereocenters. The van der Waals surface area contributed by atoms with Crippen molar-refractivity contribution in [2.24, 2.45) is 0 Å². The topological polar surface area (TPSA) is 52.8 Å². The van der Waals surface area contributed by atoms with Gasteiger partial charge in [0, 0.05) is 18.7 Å². The van der Waals surface area contributed by atoms with Crippen LogP contribution in [0.2, 0.25) is 5.15 Å². The molecule has 0 aliphatic rings. The molecule has 0 bridgehead atoms. The van der Waals surface area contributed by atoms with Crippen molar-refractivity contribution in [3.8, 4) is 6.07 Å². The summed E-state index contributed by atoms with van der Waals surface area (Å²) < 4.78 is 0. The van der Waals surface area contributed by atoms with E-state index < -0.39 is 0 Å². The summed E-state index contributed by atoms with van der Waals surface area (Å²) in [6.07, 6.45) is 3.76. The van der Waals surface area contributed by atoms with Gasteiger partial charge in [0.25, 0.3) is 0 Å². The summed E-state index contributed by atoms with van der Waals surface area (Å²) in [5, 5.41) is 9.23. The second-order valence-corrected chi connectivity index (χ2v) is 4.40. The summed E-state index contributed by atoms with van der Waals surface area (Å²) in [6.45, 7) is 4.08. The Morgan fingerprint density at radius 3 is 2.82 bits per heavy atom. The largest absolute Gasteiger partial charge is 0.356 e. The number of hydrogen-bond acceptors (Lipinski definition) is 4. The predicted octanol–water partition coefficient (Wildman–Crippen LogP) is 2.82. The molecule has 17 heavy (non-hydrogen) atoms. The van der Waals surface area contributed by atoms with Gasteiger partial charge in [-0.2, -0.15) is 5.26 Å². The van der Waals surface area contributed by atoms with Crippen molar-refractivity contribution in [2.75, 3.05) is 11.9 Å². The Labute approximate surface area is 107 Å². The van der Waals surface area contributed by atoms with E-state index >= 15 is 0 Å². The van der Waals surface area contributed by atoms with Crippen LogP contribution in [-0.4, -0.2) is 23.1 Å². The van der Waals surface area contributed by atoms with Gasteiger partial charge in [-0.15, -0.1) is 0 Å². The van der Waals surface area contributed by atoms with Crippen molar-refractivity contribution in [1.82, 2.24) is 9.97 Å². The van der Waals surface area contributed by atoms with E-state index in [2.05, 4.69) is 23.0 Å². The number of rotatable bonds is 5. The van der Waals surface area contributed by atoms with Crippen LogP contribution in [-0.2, 0) is 6.42 Å². The van der Waals surface area contributed by atoms with E-state index in [1.807, 2.05) is 18.9 Å². The van der Waals surface area contributed by atoms with Crippen molar-refractivity contribution >= 4 is 17.4 Å². The van der Waals surface area contributed by atoms with Crippen molar-refractivity contribution in [3.05, 3.63) is 17.0 Å². The van der Waals surface area contributed by atoms with E-state index in [1.165, 1.54) is 6.33 Å². The molecule has 0 aromatic carbocycles. The summed E-state index contributed by atoms with van der Waals surface area (Å²) in [7, 11) is 1.93. The van der Waals surface area contributed by atoms with Gasteiger partial charge in [0.2, 0.25) is 0 Å². The molecular weight excluding hydrogens is 236 g/mol. The Morgan fingerprint density at radius 1 is 1.53 bits per heavy atom. The zero-order chi connectivity index (χ0) is 12.8. The third kappa shape index (κ3) is 3.31. The Morgan fingerprint density at radius 2 is 2.24 bits per heavy atom. The molecule has 0 aliphatic heterocycles. The first-order chi connectivity index (χ1) is 8.11. The molecule has 0 saturated heterocycles. The number of nitrogens with zero attached hydrogens (tertiary/aromatic N) is 4. The SMILES string of the molecule is CCCc1c(Cl)ncnc1N(C)C(C)CC#N. The van der Waals surface area contributed by atoms with E-state index in [-0.39, 0.29) is 6.04 Å². The van der Waals surface area contributed by atoms with Gasteiger partial charge in [0.1, 0.15) is 17.3 Å². The summed E-state index contributed by atoms with van der Waals surface area (Å²) in [4.78, 5) is 10.3. The van der Waals surface area contributed by atoms with Crippen molar-refractivity contribution in [1.29, 1.82) is 5.26 Å². The Balaban J connectivity index is 3.04. The van der Waals surface area contributed by atoms with Gasteiger partial charge in [0.05, 0.1) is 12.5 Å². The maximum atomic E-state index is 8.72. The number of aromatic nitrogens is 2. The van der Waals surface area contributed by atoms with Crippen LogP contribution in [0.5, 0.6) is 0 Å². The molecule has 1 aromatic rings. The van der Waals surface area contributed by atoms with E-state index in [0.29, 0.717) is 11.6 Å². The van der Waals surface area contributed by atoms with Crippen molar-refractivity contribution in [3.63, 3.8) is 0 Å². The molecule has 0 N–H and O–H groups in total. The lowest BCUT2D eigenvalue weighted by Gasteiger charge is -2.26. The molecule has 92 valence electrons. The lowest BCUT2D eigenvalue weighted by Crippen LogP contribution is -2.30. The second kappa shape index (κ2) is 6.41. The Hall–Kier alpha value is -1.34. The van der Waals surface area contributed by atoms with Gasteiger partial charge in [-0.05, 0) is 13.3 Å². The van der Waals surface area contributed by atoms with Crippen LogP contribution in [0.3, 0.4) is 0 Å². The highest BCUT2D eigenvalue weighted by atomic mass is 35.5. The van der Waals surface area contributed by atoms with Crippen LogP contribution in [0.1, 0.15) is 32.3 Å². The average Bonchev–Trinajstić information content (AvgIpc) is 2.31. The minimum absolute atomic E-state index is 0.113. The van der Waals surface area contributed by atoms with Crippen LogP contribution in [0.25, 0.3) is 0 Å². The number of halogens is 1. The van der Waals surface area contributed by atoms with Crippen LogP contribution in [0.4, 0.5) is 5.82 Å². The Kier molecular flexibility index (Phi) is 5.17. The van der Waals surface area contributed by atoms with Crippen LogP contribution < -0.4 is 4.90 Å². The highest BCUT2D eigenvalue weighted by molar-refractivity contribution is 6.30. The average molecular weight is 253 g/mol. The fourth-order valence-electron chi connectivity index (χ4n) is 1.63. The molecule has 0 radical (unpaired) electrons. The normalized spacial score (nSPS) is 11.9. The standard InChI is InChI=1S/C12H17ClN4/c1-4-5-10-11(13)15-8-16-12(10)17(3)9(2)6-7-14/h8-9H,4-6H2,1-3H3. The number of anilines is 1. The van der Waals surface area contributed by atoms with Crippen molar-refractivity contribution < 1.29 is 0 Å². The number of nitriles is 1. The monoisotopic (exact) mass is 252 g/mol. The molecule has 0 fully saturated rings. The fourth-order valence-corrected chi connectivity index (χ4v) is 1.85. The van der Waals surface area contributed by atoms with E-state index in [4.69, 9.17) is 16.9 Å². The van der Waals surface area contributed by atoms with Crippen LogP contribution >= 0.6 is 11.6 Å². The second-order valence-electron chi connectivity index (χ2n) is 4.04. The zero-order valence-corrected chi connectivity index (χ0v) is 11.2. The smallest absolute Gasteiger partial charge is 0.137 e. The van der Waals surface area contributed by atoms with Gasteiger partial charge in [-0.3, -0.25) is 0 Å². The molecule has 1 unspecified atom stereocenters. The van der Waals surface area contributed by atoms with E-state index in [0.717, 1.165) is 24.2 Å². The maximum absolute atomic E-state index is 8.72. The lowest BCUT2D eigenvalue weighted by atomic mass is 10.1. The number of hydrogen-bond donors (Lipinski definition) is 0. The predicted molar refractivity (Wildman–Crippen MR) is 69.1 cm³/mol. The minimum atomic E-state index is 0.113. The maximum Gasteiger partial charge on any atom is 0.137 e. The first-order valence-electron chi connectivity index (χ1n) is 5.71. The summed E-state index contributed by atoms with van der Waals surface area (Å²) in [6, 6.07) is 2.28. The van der Waals surface area contributed by atoms with Gasteiger partial charge < -0.3 is 4.90 Å². The lowest BCUT2D eigenvalue weighted by molar-refractivity contribution is 0.686. The van der Waals surface area contributed by atoms with Gasteiger partial charge in [0.15, 0.2) is 0 Å². The molecule has 0 saturated carbocycles. The molecule has 1 heterocycles. The molecule has 0 amide bonds. The quantitative estimate of drug-likeness (QED) is 0.756. The summed E-state index contributed by atoms with van der Waals surface area (Å²) in [5.41, 5.74) is 0.962. The van der Waals surface area contributed by atoms with Gasteiger partial charge in [-0.1, -0.05) is 24.9 Å². The van der Waals surface area contributed by atoms with Gasteiger partial charge >= 0.3 is 0 Å².